The molecule has 5 nitrogen and oxygen atoms in total. The molecule has 0 bridgehead atoms. The van der Waals surface area contributed by atoms with Crippen LogP contribution in [0.5, 0.6) is 0 Å². The van der Waals surface area contributed by atoms with Crippen molar-refractivity contribution < 1.29 is 0 Å². The number of piperidine rings is 1. The topological polar surface area (TPSA) is 59.5 Å². The first-order valence-electron chi connectivity index (χ1n) is 14.6. The summed E-state index contributed by atoms with van der Waals surface area (Å²) in [5.41, 5.74) is 19.1. The highest BCUT2D eigenvalue weighted by molar-refractivity contribution is 5.93. The smallest absolute Gasteiger partial charge is 0.158 e. The van der Waals surface area contributed by atoms with Gasteiger partial charge in [-0.05, 0) is 109 Å². The van der Waals surface area contributed by atoms with E-state index in [-0.39, 0.29) is 0 Å². The molecule has 1 aromatic carbocycles. The lowest BCUT2D eigenvalue weighted by molar-refractivity contribution is 0.257. The maximum atomic E-state index is 5.77. The van der Waals surface area contributed by atoms with Gasteiger partial charge in [0, 0.05) is 25.0 Å². The minimum absolute atomic E-state index is 0.406. The molecule has 0 atom stereocenters. The third-order valence-corrected chi connectivity index (χ3v) is 8.42. The Morgan fingerprint density at radius 3 is 2.47 bits per heavy atom. The SMILES string of the molecule is C=C(CCN)N1CCC(c2ccc(C)c(/C(=C(\CCC)c3cn4ncnc4c(C)c3CC)C(C)C)c2)CC1. The molecule has 2 aromatic heterocycles. The Kier molecular flexibility index (Phi) is 9.09. The second kappa shape index (κ2) is 12.3. The van der Waals surface area contributed by atoms with Crippen molar-refractivity contribution in [1.29, 1.82) is 0 Å². The largest absolute Gasteiger partial charge is 0.375 e. The van der Waals surface area contributed by atoms with Crippen LogP contribution in [-0.4, -0.2) is 39.1 Å². The van der Waals surface area contributed by atoms with Crippen LogP contribution in [0.4, 0.5) is 0 Å². The fraction of sp³-hybridized carbons (Fsp3) is 0.515. The fourth-order valence-corrected chi connectivity index (χ4v) is 6.39. The number of hydrogen-bond donors (Lipinski definition) is 1. The number of fused-ring (bicyclic) bond motifs is 1. The number of aryl methyl sites for hydroxylation is 2. The molecule has 38 heavy (non-hydrogen) atoms. The van der Waals surface area contributed by atoms with Crippen molar-refractivity contribution >= 4 is 16.8 Å². The van der Waals surface area contributed by atoms with Crippen molar-refractivity contribution in [3.63, 3.8) is 0 Å². The van der Waals surface area contributed by atoms with Crippen LogP contribution < -0.4 is 5.73 Å². The van der Waals surface area contributed by atoms with Crippen molar-refractivity contribution in [3.05, 3.63) is 76.4 Å². The van der Waals surface area contributed by atoms with Crippen molar-refractivity contribution in [3.8, 4) is 0 Å². The van der Waals surface area contributed by atoms with Crippen molar-refractivity contribution in [1.82, 2.24) is 19.5 Å². The van der Waals surface area contributed by atoms with E-state index in [1.54, 1.807) is 6.33 Å². The summed E-state index contributed by atoms with van der Waals surface area (Å²) in [6.45, 7) is 20.8. The van der Waals surface area contributed by atoms with E-state index in [4.69, 9.17) is 5.73 Å². The van der Waals surface area contributed by atoms with Gasteiger partial charge in [0.25, 0.3) is 0 Å². The van der Waals surface area contributed by atoms with Gasteiger partial charge in [-0.25, -0.2) is 9.50 Å². The van der Waals surface area contributed by atoms with Crippen LogP contribution in [0, 0.1) is 19.8 Å². The zero-order valence-corrected chi connectivity index (χ0v) is 24.5. The van der Waals surface area contributed by atoms with Crippen LogP contribution in [0.25, 0.3) is 16.8 Å². The van der Waals surface area contributed by atoms with Gasteiger partial charge in [0.2, 0.25) is 0 Å². The van der Waals surface area contributed by atoms with E-state index in [0.29, 0.717) is 18.4 Å². The zero-order chi connectivity index (χ0) is 27.4. The van der Waals surface area contributed by atoms with E-state index in [1.165, 1.54) is 50.2 Å². The highest BCUT2D eigenvalue weighted by atomic mass is 15.3. The number of hydrogen-bond acceptors (Lipinski definition) is 4. The standard InChI is InChI=1S/C33H47N5/c1-8-10-29(31-20-38-33(35-21-36-38)25(7)28(31)9-2)32(22(3)4)30-19-27(12-11-23(30)5)26-14-17-37(18-15-26)24(6)13-16-34/h11-12,19-22,26H,6,8-10,13-18,34H2,1-5,7H3/b32-29+. The lowest BCUT2D eigenvalue weighted by Gasteiger charge is -2.35. The van der Waals surface area contributed by atoms with Crippen LogP contribution in [0.1, 0.15) is 99.1 Å². The van der Waals surface area contributed by atoms with Crippen molar-refractivity contribution in [2.75, 3.05) is 19.6 Å². The maximum Gasteiger partial charge on any atom is 0.158 e. The Hall–Kier alpha value is -2.92. The summed E-state index contributed by atoms with van der Waals surface area (Å²) >= 11 is 0. The molecule has 4 rings (SSSR count). The van der Waals surface area contributed by atoms with Gasteiger partial charge >= 0.3 is 0 Å². The van der Waals surface area contributed by atoms with Crippen molar-refractivity contribution in [2.45, 2.75) is 86.0 Å². The van der Waals surface area contributed by atoms with Crippen LogP contribution in [-0.2, 0) is 6.42 Å². The summed E-state index contributed by atoms with van der Waals surface area (Å²) < 4.78 is 1.97. The van der Waals surface area contributed by atoms with Gasteiger partial charge in [-0.2, -0.15) is 5.10 Å². The summed E-state index contributed by atoms with van der Waals surface area (Å²) in [6, 6.07) is 7.24. The van der Waals surface area contributed by atoms with Crippen LogP contribution in [0.15, 0.2) is 43.0 Å². The molecular formula is C33H47N5. The number of pyridine rings is 1. The summed E-state index contributed by atoms with van der Waals surface area (Å²) in [6.07, 6.45) is 10.2. The van der Waals surface area contributed by atoms with Crippen LogP contribution in [0.3, 0.4) is 0 Å². The average molecular weight is 514 g/mol. The highest BCUT2D eigenvalue weighted by Crippen LogP contribution is 2.40. The first-order valence-corrected chi connectivity index (χ1v) is 14.6. The van der Waals surface area contributed by atoms with Crippen molar-refractivity contribution in [2.24, 2.45) is 11.7 Å². The second-order valence-electron chi connectivity index (χ2n) is 11.3. The Balaban J connectivity index is 1.80. The van der Waals surface area contributed by atoms with E-state index in [1.807, 2.05) is 4.52 Å². The number of aromatic nitrogens is 3. The van der Waals surface area contributed by atoms with Crippen LogP contribution >= 0.6 is 0 Å². The third-order valence-electron chi connectivity index (χ3n) is 8.42. The van der Waals surface area contributed by atoms with Gasteiger partial charge in [0.15, 0.2) is 5.65 Å². The van der Waals surface area contributed by atoms with Gasteiger partial charge < -0.3 is 10.6 Å². The molecule has 0 saturated carbocycles. The molecule has 3 aromatic rings. The lowest BCUT2D eigenvalue weighted by Crippen LogP contribution is -2.32. The third kappa shape index (κ3) is 5.58. The average Bonchev–Trinajstić information content (AvgIpc) is 3.38. The zero-order valence-electron chi connectivity index (χ0n) is 24.5. The minimum atomic E-state index is 0.406. The van der Waals surface area contributed by atoms with E-state index >= 15 is 0 Å². The van der Waals surface area contributed by atoms with E-state index in [2.05, 4.69) is 87.5 Å². The first-order chi connectivity index (χ1) is 18.3. The predicted octanol–water partition coefficient (Wildman–Crippen LogP) is 7.32. The number of allylic oxidation sites excluding steroid dienone is 2. The molecular weight excluding hydrogens is 466 g/mol. The molecule has 204 valence electrons. The van der Waals surface area contributed by atoms with Gasteiger partial charge in [0.1, 0.15) is 6.33 Å². The quantitative estimate of drug-likeness (QED) is 0.309. The fourth-order valence-electron chi connectivity index (χ4n) is 6.39. The number of nitrogens with two attached hydrogens (primary N) is 1. The predicted molar refractivity (Wildman–Crippen MR) is 161 cm³/mol. The Morgan fingerprint density at radius 2 is 1.84 bits per heavy atom. The molecule has 0 radical (unpaired) electrons. The van der Waals surface area contributed by atoms with Gasteiger partial charge in [0.05, 0.1) is 0 Å². The molecule has 1 fully saturated rings. The number of benzene rings is 1. The van der Waals surface area contributed by atoms with Gasteiger partial charge in [-0.3, -0.25) is 0 Å². The number of nitrogens with zero attached hydrogens (tertiary/aromatic N) is 4. The van der Waals surface area contributed by atoms with E-state index in [9.17, 15) is 0 Å². The maximum absolute atomic E-state index is 5.77. The minimum Gasteiger partial charge on any atom is -0.375 e. The lowest BCUT2D eigenvalue weighted by atomic mass is 9.80. The van der Waals surface area contributed by atoms with Crippen LogP contribution in [0.2, 0.25) is 0 Å². The first kappa shape index (κ1) is 28.1. The Morgan fingerprint density at radius 1 is 1.11 bits per heavy atom. The summed E-state index contributed by atoms with van der Waals surface area (Å²) in [5.74, 6) is 0.989. The van der Waals surface area contributed by atoms with Gasteiger partial charge in [-0.15, -0.1) is 0 Å². The molecule has 0 amide bonds. The molecule has 0 aliphatic carbocycles. The molecule has 2 N–H and O–H groups in total. The summed E-state index contributed by atoms with van der Waals surface area (Å²) in [5, 5.41) is 4.52. The molecule has 1 saturated heterocycles. The number of likely N-dealkylation sites (tertiary alicyclic amines) is 1. The molecule has 0 unspecified atom stereocenters. The van der Waals surface area contributed by atoms with Gasteiger partial charge in [-0.1, -0.05) is 58.9 Å². The monoisotopic (exact) mass is 513 g/mol. The Labute approximate surface area is 229 Å². The molecule has 1 aliphatic heterocycles. The summed E-state index contributed by atoms with van der Waals surface area (Å²) in [4.78, 5) is 6.97. The van der Waals surface area contributed by atoms with E-state index < -0.39 is 0 Å². The van der Waals surface area contributed by atoms with E-state index in [0.717, 1.165) is 57.3 Å². The summed E-state index contributed by atoms with van der Waals surface area (Å²) in [7, 11) is 0. The molecule has 3 heterocycles. The normalized spacial score (nSPS) is 15.4. The Bertz CT molecular complexity index is 1300. The number of rotatable bonds is 10. The molecule has 5 heteroatoms. The molecule has 1 aliphatic rings. The molecule has 0 spiro atoms. The second-order valence-corrected chi connectivity index (χ2v) is 11.3. The highest BCUT2D eigenvalue weighted by Gasteiger charge is 2.24.